The number of nitrogens with zero attached hydrogens (tertiary/aromatic N) is 1. The van der Waals surface area contributed by atoms with Gasteiger partial charge in [0.1, 0.15) is 12.4 Å². The average molecular weight is 392 g/mol. The van der Waals surface area contributed by atoms with Gasteiger partial charge in [0.15, 0.2) is 5.78 Å². The minimum absolute atomic E-state index is 0.118. The summed E-state index contributed by atoms with van der Waals surface area (Å²) in [6.45, 7) is 2.53. The molecule has 5 heteroatoms. The average Bonchev–Trinajstić information content (AvgIpc) is 3.26. The maximum atomic E-state index is 13.2. The van der Waals surface area contributed by atoms with Crippen LogP contribution in [-0.4, -0.2) is 10.8 Å². The first kappa shape index (κ1) is 18.1. The zero-order valence-corrected chi connectivity index (χ0v) is 16.4. The quantitative estimate of drug-likeness (QED) is 0.657. The summed E-state index contributed by atoms with van der Waals surface area (Å²) in [5, 5.41) is 0.793. The summed E-state index contributed by atoms with van der Waals surface area (Å²) in [7, 11) is 0. The van der Waals surface area contributed by atoms with Gasteiger partial charge in [0, 0.05) is 35.4 Å². The van der Waals surface area contributed by atoms with Crippen molar-refractivity contribution >= 4 is 29.0 Å². The van der Waals surface area contributed by atoms with Crippen LogP contribution < -0.4 is 0 Å². The van der Waals surface area contributed by atoms with Crippen LogP contribution in [0.4, 0.5) is 0 Å². The van der Waals surface area contributed by atoms with Crippen LogP contribution in [0, 0.1) is 17.3 Å². The molecule has 3 nitrogen and oxygen atoms in total. The third-order valence-corrected chi connectivity index (χ3v) is 7.23. The summed E-state index contributed by atoms with van der Waals surface area (Å²) in [6, 6.07) is 3.84. The van der Waals surface area contributed by atoms with E-state index in [0.717, 1.165) is 30.4 Å². The lowest BCUT2D eigenvalue weighted by Gasteiger charge is -2.29. The second-order valence-electron chi connectivity index (χ2n) is 7.95. The summed E-state index contributed by atoms with van der Waals surface area (Å²) < 4.78 is 5.97. The first-order valence-corrected chi connectivity index (χ1v) is 10.1. The van der Waals surface area contributed by atoms with Gasteiger partial charge in [-0.15, -0.1) is 0 Å². The van der Waals surface area contributed by atoms with E-state index in [2.05, 4.69) is 11.9 Å². The number of rotatable bonds is 4. The van der Waals surface area contributed by atoms with Gasteiger partial charge in [0.05, 0.1) is 10.1 Å². The van der Waals surface area contributed by atoms with Crippen molar-refractivity contribution in [2.24, 2.45) is 17.3 Å². The number of carbonyl (C=O) groups excluding carboxylic acids is 1. The van der Waals surface area contributed by atoms with Crippen molar-refractivity contribution < 1.29 is 9.53 Å². The minimum Gasteiger partial charge on any atom is -0.492 e. The molecule has 0 aliphatic heterocycles. The predicted molar refractivity (Wildman–Crippen MR) is 103 cm³/mol. The Morgan fingerprint density at radius 1 is 1.27 bits per heavy atom. The number of fused-ring (bicyclic) bond motifs is 1. The Labute approximate surface area is 164 Å². The Morgan fingerprint density at radius 3 is 2.73 bits per heavy atom. The van der Waals surface area contributed by atoms with Crippen molar-refractivity contribution in [1.82, 2.24) is 4.98 Å². The van der Waals surface area contributed by atoms with Crippen LogP contribution >= 0.6 is 23.2 Å². The first-order valence-electron chi connectivity index (χ1n) is 9.36. The van der Waals surface area contributed by atoms with Crippen LogP contribution in [0.2, 0.25) is 0 Å². The van der Waals surface area contributed by atoms with Gasteiger partial charge in [0.2, 0.25) is 0 Å². The maximum Gasteiger partial charge on any atom is 0.166 e. The first-order chi connectivity index (χ1) is 12.5. The zero-order valence-electron chi connectivity index (χ0n) is 14.9. The molecule has 2 atom stereocenters. The molecule has 0 bridgehead atoms. The van der Waals surface area contributed by atoms with Gasteiger partial charge < -0.3 is 4.74 Å². The summed E-state index contributed by atoms with van der Waals surface area (Å²) in [4.78, 5) is 17.3. The molecule has 0 N–H and O–H groups in total. The SMILES string of the molecule is CC1(C2CCCC2)CC2CC(OCc3cccnc3)=C(Cl)C(Cl)=C2C1=O. The van der Waals surface area contributed by atoms with E-state index in [0.29, 0.717) is 34.8 Å². The molecule has 3 aliphatic carbocycles. The predicted octanol–water partition coefficient (Wildman–Crippen LogP) is 5.73. The normalized spacial score (nSPS) is 29.5. The van der Waals surface area contributed by atoms with E-state index in [1.807, 2.05) is 12.1 Å². The largest absolute Gasteiger partial charge is 0.492 e. The minimum atomic E-state index is -0.299. The molecule has 0 saturated heterocycles. The third-order valence-electron chi connectivity index (χ3n) is 6.34. The maximum absolute atomic E-state index is 13.2. The molecule has 2 saturated carbocycles. The second-order valence-corrected chi connectivity index (χ2v) is 8.70. The van der Waals surface area contributed by atoms with Gasteiger partial charge in [-0.2, -0.15) is 0 Å². The smallest absolute Gasteiger partial charge is 0.166 e. The van der Waals surface area contributed by atoms with Crippen LogP contribution in [0.1, 0.15) is 51.0 Å². The highest BCUT2D eigenvalue weighted by Gasteiger charge is 2.53. The Morgan fingerprint density at radius 2 is 2.04 bits per heavy atom. The van der Waals surface area contributed by atoms with E-state index in [-0.39, 0.29) is 17.1 Å². The fraction of sp³-hybridized carbons (Fsp3) is 0.524. The molecule has 26 heavy (non-hydrogen) atoms. The Balaban J connectivity index is 1.56. The molecule has 1 aromatic heterocycles. The zero-order chi connectivity index (χ0) is 18.3. The lowest BCUT2D eigenvalue weighted by Crippen LogP contribution is -2.30. The fourth-order valence-corrected chi connectivity index (χ4v) is 5.48. The van der Waals surface area contributed by atoms with Crippen molar-refractivity contribution in [1.29, 1.82) is 0 Å². The second kappa shape index (κ2) is 7.01. The molecule has 0 spiro atoms. The van der Waals surface area contributed by atoms with Crippen molar-refractivity contribution in [3.05, 3.63) is 51.5 Å². The Bertz CT molecular complexity index is 780. The summed E-state index contributed by atoms with van der Waals surface area (Å²) in [5.41, 5.74) is 1.42. The van der Waals surface area contributed by atoms with Crippen LogP contribution in [0.5, 0.6) is 0 Å². The van der Waals surface area contributed by atoms with E-state index < -0.39 is 0 Å². The van der Waals surface area contributed by atoms with Gasteiger partial charge in [0.25, 0.3) is 0 Å². The lowest BCUT2D eigenvalue weighted by molar-refractivity contribution is -0.124. The molecule has 1 heterocycles. The number of ether oxygens (including phenoxy) is 1. The van der Waals surface area contributed by atoms with Gasteiger partial charge in [-0.1, -0.05) is 49.0 Å². The van der Waals surface area contributed by atoms with Gasteiger partial charge in [-0.25, -0.2) is 0 Å². The number of halogens is 2. The number of ketones is 1. The fourth-order valence-electron chi connectivity index (χ4n) is 4.90. The Kier molecular flexibility index (Phi) is 4.87. The molecule has 0 aromatic carbocycles. The van der Waals surface area contributed by atoms with Gasteiger partial charge in [-0.3, -0.25) is 9.78 Å². The molecule has 0 amide bonds. The van der Waals surface area contributed by atoms with E-state index in [1.54, 1.807) is 12.4 Å². The number of aromatic nitrogens is 1. The van der Waals surface area contributed by atoms with E-state index in [9.17, 15) is 4.79 Å². The molecule has 2 fully saturated rings. The third kappa shape index (κ3) is 2.99. The van der Waals surface area contributed by atoms with Crippen molar-refractivity contribution in [3.63, 3.8) is 0 Å². The summed E-state index contributed by atoms with van der Waals surface area (Å²) >= 11 is 13.0. The molecule has 3 aliphatic rings. The molecular formula is C21H23Cl2NO2. The van der Waals surface area contributed by atoms with E-state index >= 15 is 0 Å². The standard InChI is InChI=1S/C21H23Cl2NO2/c1-21(15-6-2-3-7-15)10-14-9-16(18(22)19(23)17(14)20(21)25)26-12-13-5-4-8-24-11-13/h4-5,8,11,14-15H,2-3,6-7,9-10,12H2,1H3. The van der Waals surface area contributed by atoms with E-state index in [1.165, 1.54) is 12.8 Å². The van der Waals surface area contributed by atoms with Crippen LogP contribution in [0.15, 0.2) is 45.9 Å². The van der Waals surface area contributed by atoms with Crippen molar-refractivity contribution in [2.75, 3.05) is 0 Å². The summed E-state index contributed by atoms with van der Waals surface area (Å²) in [5.74, 6) is 1.49. The summed E-state index contributed by atoms with van der Waals surface area (Å²) in [6.07, 6.45) is 9.75. The molecular weight excluding hydrogens is 369 g/mol. The highest BCUT2D eigenvalue weighted by atomic mass is 35.5. The topological polar surface area (TPSA) is 39.2 Å². The van der Waals surface area contributed by atoms with Crippen LogP contribution in [0.3, 0.4) is 0 Å². The van der Waals surface area contributed by atoms with Crippen molar-refractivity contribution in [2.45, 2.75) is 52.1 Å². The van der Waals surface area contributed by atoms with Gasteiger partial charge in [-0.05, 0) is 37.2 Å². The number of carbonyl (C=O) groups is 1. The highest BCUT2D eigenvalue weighted by molar-refractivity contribution is 6.45. The number of pyridine rings is 1. The number of hydrogen-bond donors (Lipinski definition) is 0. The molecule has 4 rings (SSSR count). The number of allylic oxidation sites excluding steroid dienone is 4. The van der Waals surface area contributed by atoms with Crippen LogP contribution in [-0.2, 0) is 16.1 Å². The van der Waals surface area contributed by atoms with Crippen LogP contribution in [0.25, 0.3) is 0 Å². The monoisotopic (exact) mass is 391 g/mol. The molecule has 0 radical (unpaired) electrons. The Hall–Kier alpha value is -1.32. The molecule has 1 aromatic rings. The van der Waals surface area contributed by atoms with Gasteiger partial charge >= 0.3 is 0 Å². The van der Waals surface area contributed by atoms with Crippen molar-refractivity contribution in [3.8, 4) is 0 Å². The molecule has 138 valence electrons. The highest BCUT2D eigenvalue weighted by Crippen LogP contribution is 2.57. The number of Topliss-reactive ketones (excluding diaryl/α,β-unsaturated/α-hetero) is 1. The lowest BCUT2D eigenvalue weighted by atomic mass is 9.73. The molecule has 2 unspecified atom stereocenters. The number of hydrogen-bond acceptors (Lipinski definition) is 3. The van der Waals surface area contributed by atoms with E-state index in [4.69, 9.17) is 27.9 Å².